The van der Waals surface area contributed by atoms with Crippen molar-refractivity contribution < 1.29 is 13.2 Å². The third kappa shape index (κ3) is 3.21. The summed E-state index contributed by atoms with van der Waals surface area (Å²) in [4.78, 5) is 5.88. The number of rotatable bonds is 2. The summed E-state index contributed by atoms with van der Waals surface area (Å²) in [5.41, 5.74) is 5.10. The van der Waals surface area contributed by atoms with Gasteiger partial charge in [0.2, 0.25) is 0 Å². The van der Waals surface area contributed by atoms with Gasteiger partial charge in [0.1, 0.15) is 0 Å². The fraction of sp³-hybridized carbons (Fsp3) is 0.727. The van der Waals surface area contributed by atoms with E-state index >= 15 is 0 Å². The largest absolute Gasteiger partial charge is 0.434 e. The molecule has 0 radical (unpaired) electrons. The van der Waals surface area contributed by atoms with E-state index in [0.717, 1.165) is 30.7 Å². The van der Waals surface area contributed by atoms with Crippen molar-refractivity contribution in [2.45, 2.75) is 38.5 Å². The molecule has 0 saturated carbocycles. The van der Waals surface area contributed by atoms with Crippen LogP contribution in [0, 0.1) is 6.92 Å². The van der Waals surface area contributed by atoms with Crippen LogP contribution in [0.1, 0.15) is 28.4 Å². The minimum atomic E-state index is -4.36. The molecule has 0 bridgehead atoms. The van der Waals surface area contributed by atoms with Crippen LogP contribution in [0.25, 0.3) is 0 Å². The van der Waals surface area contributed by atoms with Gasteiger partial charge >= 0.3 is 6.18 Å². The third-order valence-electron chi connectivity index (χ3n) is 2.98. The van der Waals surface area contributed by atoms with E-state index in [4.69, 9.17) is 5.73 Å². The van der Waals surface area contributed by atoms with Crippen molar-refractivity contribution in [3.8, 4) is 0 Å². The Morgan fingerprint density at radius 1 is 1.50 bits per heavy atom. The van der Waals surface area contributed by atoms with Gasteiger partial charge in [-0.05, 0) is 26.3 Å². The van der Waals surface area contributed by atoms with Crippen LogP contribution in [0.2, 0.25) is 0 Å². The second-order valence-electron chi connectivity index (χ2n) is 4.64. The van der Waals surface area contributed by atoms with Crippen molar-refractivity contribution in [2.24, 2.45) is 5.73 Å². The molecule has 0 spiro atoms. The summed E-state index contributed by atoms with van der Waals surface area (Å²) in [6.07, 6.45) is -2.47. The highest BCUT2D eigenvalue weighted by atomic mass is 32.1. The molecule has 2 rings (SSSR count). The lowest BCUT2D eigenvalue weighted by atomic mass is 10.1. The molecule has 1 aliphatic rings. The zero-order chi connectivity index (χ0) is 13.3. The van der Waals surface area contributed by atoms with Crippen LogP contribution in [0.4, 0.5) is 13.2 Å². The molecular weight excluding hydrogens is 263 g/mol. The van der Waals surface area contributed by atoms with Crippen LogP contribution in [0.5, 0.6) is 0 Å². The van der Waals surface area contributed by atoms with E-state index in [-0.39, 0.29) is 6.04 Å². The number of piperidine rings is 1. The van der Waals surface area contributed by atoms with Gasteiger partial charge < -0.3 is 5.73 Å². The van der Waals surface area contributed by atoms with Crippen molar-refractivity contribution >= 4 is 11.3 Å². The molecule has 2 N–H and O–H groups in total. The summed E-state index contributed by atoms with van der Waals surface area (Å²) >= 11 is 1.12. The van der Waals surface area contributed by atoms with Crippen LogP contribution >= 0.6 is 11.3 Å². The van der Waals surface area contributed by atoms with Gasteiger partial charge in [-0.3, -0.25) is 4.90 Å². The molecule has 3 nitrogen and oxygen atoms in total. The summed E-state index contributed by atoms with van der Waals surface area (Å²) < 4.78 is 38.4. The van der Waals surface area contributed by atoms with Gasteiger partial charge in [0.05, 0.1) is 9.88 Å². The maximum atomic E-state index is 12.8. The van der Waals surface area contributed by atoms with E-state index in [1.165, 1.54) is 0 Å². The first-order chi connectivity index (χ1) is 8.36. The first-order valence-electron chi connectivity index (χ1n) is 5.87. The monoisotopic (exact) mass is 279 g/mol. The Kier molecular flexibility index (Phi) is 3.93. The topological polar surface area (TPSA) is 42.2 Å². The highest BCUT2D eigenvalue weighted by Crippen LogP contribution is 2.35. The minimum Gasteiger partial charge on any atom is -0.327 e. The minimum absolute atomic E-state index is 0.0714. The quantitative estimate of drug-likeness (QED) is 0.904. The predicted molar refractivity (Wildman–Crippen MR) is 64.3 cm³/mol. The van der Waals surface area contributed by atoms with Crippen molar-refractivity contribution in [1.82, 2.24) is 9.88 Å². The standard InChI is InChI=1S/C11H16F3N3S/c1-7-16-10(11(12,13)14)9(18-7)6-17-4-2-3-8(15)5-17/h8H,2-6,15H2,1H3. The van der Waals surface area contributed by atoms with E-state index in [1.807, 2.05) is 4.90 Å². The SMILES string of the molecule is Cc1nc(C(F)(F)F)c(CN2CCCC(N)C2)s1. The normalized spacial score (nSPS) is 22.4. The molecule has 1 fully saturated rings. The van der Waals surface area contributed by atoms with Gasteiger partial charge in [-0.15, -0.1) is 11.3 Å². The van der Waals surface area contributed by atoms with Gasteiger partial charge in [-0.1, -0.05) is 0 Å². The van der Waals surface area contributed by atoms with Gasteiger partial charge in [-0.25, -0.2) is 4.98 Å². The van der Waals surface area contributed by atoms with E-state index < -0.39 is 11.9 Å². The van der Waals surface area contributed by atoms with E-state index in [0.29, 0.717) is 23.0 Å². The van der Waals surface area contributed by atoms with Crippen LogP contribution in [-0.4, -0.2) is 29.0 Å². The number of alkyl halides is 3. The molecule has 1 aromatic heterocycles. The number of halogens is 3. The van der Waals surface area contributed by atoms with Crippen molar-refractivity contribution in [3.63, 3.8) is 0 Å². The predicted octanol–water partition coefficient (Wildman–Crippen LogP) is 2.39. The van der Waals surface area contributed by atoms with Gasteiger partial charge in [0.15, 0.2) is 5.69 Å². The summed E-state index contributed by atoms with van der Waals surface area (Å²) in [5, 5.41) is 0.457. The summed E-state index contributed by atoms with van der Waals surface area (Å²) in [7, 11) is 0. The van der Waals surface area contributed by atoms with Crippen molar-refractivity contribution in [3.05, 3.63) is 15.6 Å². The first kappa shape index (κ1) is 13.8. The van der Waals surface area contributed by atoms with Crippen molar-refractivity contribution in [2.75, 3.05) is 13.1 Å². The molecule has 18 heavy (non-hydrogen) atoms. The Morgan fingerprint density at radius 2 is 2.22 bits per heavy atom. The Hall–Kier alpha value is -0.660. The molecule has 1 aliphatic heterocycles. The van der Waals surface area contributed by atoms with Gasteiger partial charge in [0.25, 0.3) is 0 Å². The number of thiazole rings is 1. The summed E-state index contributed by atoms with van der Waals surface area (Å²) in [6.45, 7) is 3.37. The lowest BCUT2D eigenvalue weighted by Gasteiger charge is -2.30. The molecule has 1 aromatic rings. The third-order valence-corrected chi connectivity index (χ3v) is 3.94. The van der Waals surface area contributed by atoms with Crippen LogP contribution in [0.3, 0.4) is 0 Å². The van der Waals surface area contributed by atoms with Crippen molar-refractivity contribution in [1.29, 1.82) is 0 Å². The number of aromatic nitrogens is 1. The Balaban J connectivity index is 2.13. The number of aryl methyl sites for hydroxylation is 1. The fourth-order valence-corrected chi connectivity index (χ4v) is 3.23. The zero-order valence-electron chi connectivity index (χ0n) is 10.1. The van der Waals surface area contributed by atoms with Gasteiger partial charge in [0, 0.05) is 19.1 Å². The second kappa shape index (κ2) is 5.14. The molecule has 1 saturated heterocycles. The number of hydrogen-bond donors (Lipinski definition) is 1. The smallest absolute Gasteiger partial charge is 0.327 e. The maximum absolute atomic E-state index is 12.8. The number of hydrogen-bond acceptors (Lipinski definition) is 4. The highest BCUT2D eigenvalue weighted by molar-refractivity contribution is 7.11. The first-order valence-corrected chi connectivity index (χ1v) is 6.69. The molecule has 0 amide bonds. The van der Waals surface area contributed by atoms with Gasteiger partial charge in [-0.2, -0.15) is 13.2 Å². The summed E-state index contributed by atoms with van der Waals surface area (Å²) in [6, 6.07) is 0.0714. The summed E-state index contributed by atoms with van der Waals surface area (Å²) in [5.74, 6) is 0. The molecule has 1 atom stereocenters. The van der Waals surface area contributed by atoms with E-state index in [9.17, 15) is 13.2 Å². The Bertz CT molecular complexity index is 416. The van der Waals surface area contributed by atoms with Crippen LogP contribution < -0.4 is 5.73 Å². The molecular formula is C11H16F3N3S. The lowest BCUT2D eigenvalue weighted by molar-refractivity contribution is -0.141. The molecule has 102 valence electrons. The number of likely N-dealkylation sites (tertiary alicyclic amines) is 1. The maximum Gasteiger partial charge on any atom is 0.434 e. The second-order valence-corrected chi connectivity index (χ2v) is 5.93. The van der Waals surface area contributed by atoms with Crippen LogP contribution in [-0.2, 0) is 12.7 Å². The fourth-order valence-electron chi connectivity index (χ4n) is 2.24. The highest BCUT2D eigenvalue weighted by Gasteiger charge is 2.37. The average molecular weight is 279 g/mol. The van der Waals surface area contributed by atoms with E-state index in [1.54, 1.807) is 6.92 Å². The van der Waals surface area contributed by atoms with Crippen LogP contribution in [0.15, 0.2) is 0 Å². The Morgan fingerprint density at radius 3 is 2.83 bits per heavy atom. The Labute approximate surface area is 108 Å². The molecule has 0 aromatic carbocycles. The number of nitrogens with two attached hydrogens (primary N) is 1. The van der Waals surface area contributed by atoms with E-state index in [2.05, 4.69) is 4.98 Å². The lowest BCUT2D eigenvalue weighted by Crippen LogP contribution is -2.42. The molecule has 1 unspecified atom stereocenters. The molecule has 0 aliphatic carbocycles. The molecule has 7 heteroatoms. The number of nitrogens with zero attached hydrogens (tertiary/aromatic N) is 2. The average Bonchev–Trinajstić information content (AvgIpc) is 2.59. The zero-order valence-corrected chi connectivity index (χ0v) is 10.9. The molecule has 2 heterocycles.